The van der Waals surface area contributed by atoms with Crippen LogP contribution in [0.4, 0.5) is 0 Å². The lowest BCUT2D eigenvalue weighted by atomic mass is 9.69. The Labute approximate surface area is 289 Å². The van der Waals surface area contributed by atoms with Gasteiger partial charge in [0, 0.05) is 0 Å². The van der Waals surface area contributed by atoms with E-state index in [1.165, 1.54) is 166 Å². The molecule has 2 unspecified atom stereocenters. The van der Waals surface area contributed by atoms with Crippen LogP contribution in [-0.2, 0) is 14.9 Å². The minimum atomic E-state index is -0.509. The number of ether oxygens (including phenoxy) is 1. The molecular weight excluding hydrogens is 560 g/mol. The van der Waals surface area contributed by atoms with Crippen molar-refractivity contribution < 1.29 is 9.53 Å². The van der Waals surface area contributed by atoms with Crippen LogP contribution in [0.25, 0.3) is 0 Å². The first-order valence-electron chi connectivity index (χ1n) is 20.9. The Balaban J connectivity index is 2.62. The van der Waals surface area contributed by atoms with Crippen molar-refractivity contribution in [2.75, 3.05) is 6.61 Å². The maximum Gasteiger partial charge on any atom is 0.316 e. The largest absolute Gasteiger partial charge is 0.465 e. The van der Waals surface area contributed by atoms with Crippen LogP contribution < -0.4 is 0 Å². The third-order valence-corrected chi connectivity index (χ3v) is 10.6. The molecule has 0 saturated heterocycles. The molecule has 0 amide bonds. The van der Waals surface area contributed by atoms with E-state index in [0.29, 0.717) is 12.5 Å². The third kappa shape index (κ3) is 20.8. The maximum absolute atomic E-state index is 14.2. The molecule has 0 heterocycles. The molecule has 268 valence electrons. The van der Waals surface area contributed by atoms with Crippen LogP contribution >= 0.6 is 0 Å². The fourth-order valence-corrected chi connectivity index (χ4v) is 7.37. The van der Waals surface area contributed by atoms with Crippen LogP contribution in [0.1, 0.15) is 226 Å². The summed E-state index contributed by atoms with van der Waals surface area (Å²) in [6, 6.07) is 10.7. The number of esters is 1. The Kier molecular flexibility index (Phi) is 28.8. The molecular formula is C44H80O2. The van der Waals surface area contributed by atoms with Gasteiger partial charge < -0.3 is 4.74 Å². The molecule has 1 aromatic carbocycles. The van der Waals surface area contributed by atoms with Crippen molar-refractivity contribution in [3.05, 3.63) is 35.9 Å². The summed E-state index contributed by atoms with van der Waals surface area (Å²) in [4.78, 5) is 14.2. The quantitative estimate of drug-likeness (QED) is 0.0553. The molecule has 0 spiro atoms. The van der Waals surface area contributed by atoms with E-state index in [0.717, 1.165) is 32.1 Å². The summed E-state index contributed by atoms with van der Waals surface area (Å²) >= 11 is 0. The number of carbonyl (C=O) groups excluding carboxylic acids is 1. The normalized spacial score (nSPS) is 13.5. The van der Waals surface area contributed by atoms with E-state index in [-0.39, 0.29) is 5.97 Å². The predicted molar refractivity (Wildman–Crippen MR) is 204 cm³/mol. The predicted octanol–water partition coefficient (Wildman–Crippen LogP) is 14.9. The average molecular weight is 641 g/mol. The monoisotopic (exact) mass is 641 g/mol. The summed E-state index contributed by atoms with van der Waals surface area (Å²) in [5.74, 6) is 0.621. The van der Waals surface area contributed by atoms with E-state index < -0.39 is 5.41 Å². The van der Waals surface area contributed by atoms with Gasteiger partial charge in [0.25, 0.3) is 0 Å². The van der Waals surface area contributed by atoms with Crippen molar-refractivity contribution in [3.63, 3.8) is 0 Å². The summed E-state index contributed by atoms with van der Waals surface area (Å²) in [6.45, 7) is 9.76. The molecule has 0 aromatic heterocycles. The van der Waals surface area contributed by atoms with Crippen molar-refractivity contribution in [2.24, 2.45) is 5.92 Å². The van der Waals surface area contributed by atoms with Gasteiger partial charge in [-0.05, 0) is 30.7 Å². The average Bonchev–Trinajstić information content (AvgIpc) is 3.08. The molecule has 0 fully saturated rings. The van der Waals surface area contributed by atoms with Gasteiger partial charge in [-0.25, -0.2) is 0 Å². The smallest absolute Gasteiger partial charge is 0.316 e. The topological polar surface area (TPSA) is 26.3 Å². The van der Waals surface area contributed by atoms with Crippen LogP contribution in [0.3, 0.4) is 0 Å². The van der Waals surface area contributed by atoms with Crippen LogP contribution in [0, 0.1) is 5.92 Å². The van der Waals surface area contributed by atoms with E-state index in [4.69, 9.17) is 4.74 Å². The summed E-state index contributed by atoms with van der Waals surface area (Å²) in [6.07, 6.45) is 38.7. The van der Waals surface area contributed by atoms with Gasteiger partial charge in [-0.3, -0.25) is 4.79 Å². The Hall–Kier alpha value is -1.31. The second-order valence-electron chi connectivity index (χ2n) is 14.7. The SMILES string of the molecule is CCCCCCCCCCCCCCCCC(CC(CC)CCCC)(C(=O)OCCCCCCCCCCCC)c1ccccc1. The number of hydrogen-bond donors (Lipinski definition) is 0. The zero-order chi connectivity index (χ0) is 33.4. The summed E-state index contributed by atoms with van der Waals surface area (Å²) < 4.78 is 6.21. The zero-order valence-electron chi connectivity index (χ0n) is 31.7. The first-order valence-corrected chi connectivity index (χ1v) is 20.9. The molecule has 46 heavy (non-hydrogen) atoms. The van der Waals surface area contributed by atoms with Crippen LogP contribution in [-0.4, -0.2) is 12.6 Å². The highest BCUT2D eigenvalue weighted by Crippen LogP contribution is 2.40. The molecule has 0 aliphatic carbocycles. The van der Waals surface area contributed by atoms with E-state index >= 15 is 0 Å². The number of rotatable bonds is 34. The first-order chi connectivity index (χ1) is 22.6. The van der Waals surface area contributed by atoms with Gasteiger partial charge in [0.1, 0.15) is 0 Å². The van der Waals surface area contributed by atoms with Gasteiger partial charge in [-0.15, -0.1) is 0 Å². The minimum Gasteiger partial charge on any atom is -0.465 e. The lowest BCUT2D eigenvalue weighted by Crippen LogP contribution is -2.40. The Bertz CT molecular complexity index is 773. The lowest BCUT2D eigenvalue weighted by Gasteiger charge is -2.35. The van der Waals surface area contributed by atoms with Crippen molar-refractivity contribution >= 4 is 5.97 Å². The maximum atomic E-state index is 14.2. The molecule has 0 saturated carbocycles. The fourth-order valence-electron chi connectivity index (χ4n) is 7.37. The summed E-state index contributed by atoms with van der Waals surface area (Å²) in [5, 5.41) is 0. The van der Waals surface area contributed by atoms with Gasteiger partial charge in [0.05, 0.1) is 12.0 Å². The molecule has 2 nitrogen and oxygen atoms in total. The van der Waals surface area contributed by atoms with Crippen LogP contribution in [0.5, 0.6) is 0 Å². The molecule has 2 atom stereocenters. The standard InChI is InChI=1S/C44H80O2/c1-5-9-12-14-16-18-20-21-22-23-24-26-28-33-38-44(42-36-31-30-32-37-42,40-41(8-4)35-11-7-3)43(45)46-39-34-29-27-25-19-17-15-13-10-6-2/h30-32,36-37,41H,5-29,33-35,38-40H2,1-4H3. The molecule has 2 heteroatoms. The number of carbonyl (C=O) groups is 1. The molecule has 0 bridgehead atoms. The second-order valence-corrected chi connectivity index (χ2v) is 14.7. The number of hydrogen-bond acceptors (Lipinski definition) is 2. The van der Waals surface area contributed by atoms with E-state index in [1.807, 2.05) is 0 Å². The second kappa shape index (κ2) is 31.0. The number of unbranched alkanes of at least 4 members (excludes halogenated alkanes) is 23. The van der Waals surface area contributed by atoms with E-state index in [2.05, 4.69) is 58.0 Å². The highest BCUT2D eigenvalue weighted by atomic mass is 16.5. The van der Waals surface area contributed by atoms with Crippen molar-refractivity contribution in [3.8, 4) is 0 Å². The summed E-state index contributed by atoms with van der Waals surface area (Å²) in [7, 11) is 0. The van der Waals surface area contributed by atoms with Gasteiger partial charge in [0.2, 0.25) is 0 Å². The molecule has 1 rings (SSSR count). The third-order valence-electron chi connectivity index (χ3n) is 10.6. The van der Waals surface area contributed by atoms with Gasteiger partial charge in [0.15, 0.2) is 0 Å². The number of benzene rings is 1. The molecule has 0 aliphatic rings. The van der Waals surface area contributed by atoms with E-state index in [9.17, 15) is 4.79 Å². The fraction of sp³-hybridized carbons (Fsp3) is 0.841. The molecule has 0 N–H and O–H groups in total. The van der Waals surface area contributed by atoms with Gasteiger partial charge in [-0.1, -0.05) is 231 Å². The van der Waals surface area contributed by atoms with Gasteiger partial charge in [-0.2, -0.15) is 0 Å². The Morgan fingerprint density at radius 2 is 0.957 bits per heavy atom. The molecule has 0 radical (unpaired) electrons. The zero-order valence-corrected chi connectivity index (χ0v) is 31.7. The van der Waals surface area contributed by atoms with Crippen LogP contribution in [0.15, 0.2) is 30.3 Å². The lowest BCUT2D eigenvalue weighted by molar-refractivity contribution is -0.152. The Morgan fingerprint density at radius 1 is 0.543 bits per heavy atom. The first kappa shape index (κ1) is 42.7. The van der Waals surface area contributed by atoms with Crippen LogP contribution in [0.2, 0.25) is 0 Å². The highest BCUT2D eigenvalue weighted by molar-refractivity contribution is 5.83. The molecule has 0 aliphatic heterocycles. The van der Waals surface area contributed by atoms with Gasteiger partial charge >= 0.3 is 5.97 Å². The van der Waals surface area contributed by atoms with Crippen molar-refractivity contribution in [2.45, 2.75) is 226 Å². The Morgan fingerprint density at radius 3 is 1.39 bits per heavy atom. The van der Waals surface area contributed by atoms with Crippen molar-refractivity contribution in [1.29, 1.82) is 0 Å². The minimum absolute atomic E-state index is 0.0549. The van der Waals surface area contributed by atoms with E-state index in [1.54, 1.807) is 0 Å². The highest BCUT2D eigenvalue weighted by Gasteiger charge is 2.42. The van der Waals surface area contributed by atoms with Crippen molar-refractivity contribution in [1.82, 2.24) is 0 Å². The summed E-state index contributed by atoms with van der Waals surface area (Å²) in [5.41, 5.74) is 0.679. The molecule has 1 aromatic rings.